The summed E-state index contributed by atoms with van der Waals surface area (Å²) in [5.41, 5.74) is 2.46. The molecule has 148 valence electrons. The largest absolute Gasteiger partial charge is 0.352 e. The molecule has 1 fully saturated rings. The zero-order valence-electron chi connectivity index (χ0n) is 16.1. The minimum atomic E-state index is -0.331. The van der Waals surface area contributed by atoms with Crippen LogP contribution in [0.15, 0.2) is 48.5 Å². The summed E-state index contributed by atoms with van der Waals surface area (Å²) in [4.78, 5) is 26.3. The normalized spacial score (nSPS) is 14.6. The minimum absolute atomic E-state index is 0.0564. The van der Waals surface area contributed by atoms with Crippen LogP contribution in [0.5, 0.6) is 0 Å². The number of likely N-dealkylation sites (tertiary alicyclic amines) is 1. The third-order valence-corrected chi connectivity index (χ3v) is 5.17. The van der Waals surface area contributed by atoms with Gasteiger partial charge < -0.3 is 15.5 Å². The van der Waals surface area contributed by atoms with Crippen molar-refractivity contribution in [3.05, 3.63) is 65.5 Å². The number of nitrogens with zero attached hydrogens (tertiary/aromatic N) is 1. The number of rotatable bonds is 5. The summed E-state index contributed by atoms with van der Waals surface area (Å²) in [6.45, 7) is 3.97. The number of hydrogen-bond donors (Lipinski definition) is 2. The van der Waals surface area contributed by atoms with Crippen molar-refractivity contribution in [3.63, 3.8) is 0 Å². The number of amides is 3. The van der Waals surface area contributed by atoms with E-state index >= 15 is 0 Å². The Morgan fingerprint density at radius 2 is 1.68 bits per heavy atom. The third kappa shape index (κ3) is 5.31. The lowest BCUT2D eigenvalue weighted by Gasteiger charge is -2.32. The SMILES string of the molecule is CCc1ccc(C(=O)NCC2CCN(C(=O)Nc3ccc(F)cc3)CC2)cc1. The molecule has 3 amide bonds. The summed E-state index contributed by atoms with van der Waals surface area (Å²) in [5.74, 6) is -0.0324. The second-order valence-corrected chi connectivity index (χ2v) is 7.13. The number of aryl methyl sites for hydroxylation is 1. The molecular formula is C22H26FN3O2. The molecule has 28 heavy (non-hydrogen) atoms. The molecule has 3 rings (SSSR count). The lowest BCUT2D eigenvalue weighted by molar-refractivity contribution is 0.0938. The highest BCUT2D eigenvalue weighted by atomic mass is 19.1. The van der Waals surface area contributed by atoms with Crippen LogP contribution in [-0.2, 0) is 6.42 Å². The molecule has 1 saturated heterocycles. The molecule has 2 aromatic carbocycles. The van der Waals surface area contributed by atoms with Gasteiger partial charge in [0, 0.05) is 30.9 Å². The van der Waals surface area contributed by atoms with Crippen LogP contribution in [-0.4, -0.2) is 36.5 Å². The Morgan fingerprint density at radius 3 is 2.29 bits per heavy atom. The second-order valence-electron chi connectivity index (χ2n) is 7.13. The Kier molecular flexibility index (Phi) is 6.63. The molecule has 0 aliphatic carbocycles. The summed E-state index contributed by atoms with van der Waals surface area (Å²) in [6, 6.07) is 13.2. The zero-order chi connectivity index (χ0) is 19.9. The monoisotopic (exact) mass is 383 g/mol. The van der Waals surface area contributed by atoms with Gasteiger partial charge in [-0.25, -0.2) is 9.18 Å². The van der Waals surface area contributed by atoms with Gasteiger partial charge in [0.05, 0.1) is 0 Å². The predicted octanol–water partition coefficient (Wildman–Crippen LogP) is 4.06. The number of carbonyl (C=O) groups is 2. The van der Waals surface area contributed by atoms with Gasteiger partial charge in [-0.2, -0.15) is 0 Å². The summed E-state index contributed by atoms with van der Waals surface area (Å²) in [5, 5.41) is 5.79. The molecule has 1 aliphatic rings. The first-order chi connectivity index (χ1) is 13.5. The fourth-order valence-electron chi connectivity index (χ4n) is 3.31. The van der Waals surface area contributed by atoms with Gasteiger partial charge >= 0.3 is 6.03 Å². The smallest absolute Gasteiger partial charge is 0.321 e. The zero-order valence-corrected chi connectivity index (χ0v) is 16.1. The van der Waals surface area contributed by atoms with E-state index in [1.54, 1.807) is 17.0 Å². The average Bonchev–Trinajstić information content (AvgIpc) is 2.74. The lowest BCUT2D eigenvalue weighted by Crippen LogP contribution is -2.43. The van der Waals surface area contributed by atoms with E-state index in [9.17, 15) is 14.0 Å². The van der Waals surface area contributed by atoms with Gasteiger partial charge in [-0.3, -0.25) is 4.79 Å². The van der Waals surface area contributed by atoms with Crippen LogP contribution in [0.1, 0.15) is 35.7 Å². The molecule has 5 nitrogen and oxygen atoms in total. The van der Waals surface area contributed by atoms with Crippen molar-refractivity contribution in [2.24, 2.45) is 5.92 Å². The Bertz CT molecular complexity index is 798. The van der Waals surface area contributed by atoms with Crippen molar-refractivity contribution in [2.75, 3.05) is 25.0 Å². The average molecular weight is 383 g/mol. The number of nitrogens with one attached hydrogen (secondary N) is 2. The van der Waals surface area contributed by atoms with Crippen LogP contribution in [0.25, 0.3) is 0 Å². The van der Waals surface area contributed by atoms with Crippen LogP contribution < -0.4 is 10.6 Å². The van der Waals surface area contributed by atoms with E-state index < -0.39 is 0 Å². The quantitative estimate of drug-likeness (QED) is 0.818. The van der Waals surface area contributed by atoms with Crippen molar-refractivity contribution in [1.82, 2.24) is 10.2 Å². The lowest BCUT2D eigenvalue weighted by atomic mass is 9.97. The first-order valence-electron chi connectivity index (χ1n) is 9.73. The maximum Gasteiger partial charge on any atom is 0.321 e. The van der Waals surface area contributed by atoms with Gasteiger partial charge in [-0.05, 0) is 67.1 Å². The van der Waals surface area contributed by atoms with Gasteiger partial charge in [-0.15, -0.1) is 0 Å². The van der Waals surface area contributed by atoms with E-state index in [1.165, 1.54) is 17.7 Å². The maximum atomic E-state index is 12.9. The van der Waals surface area contributed by atoms with Gasteiger partial charge in [0.2, 0.25) is 0 Å². The highest BCUT2D eigenvalue weighted by molar-refractivity contribution is 5.94. The highest BCUT2D eigenvalue weighted by Gasteiger charge is 2.23. The van der Waals surface area contributed by atoms with E-state index in [-0.39, 0.29) is 17.8 Å². The van der Waals surface area contributed by atoms with Crippen molar-refractivity contribution in [1.29, 1.82) is 0 Å². The van der Waals surface area contributed by atoms with Gasteiger partial charge in [0.1, 0.15) is 5.82 Å². The molecule has 2 aromatic rings. The molecule has 6 heteroatoms. The van der Waals surface area contributed by atoms with Crippen molar-refractivity contribution >= 4 is 17.6 Å². The van der Waals surface area contributed by atoms with Crippen molar-refractivity contribution in [3.8, 4) is 0 Å². The first kappa shape index (κ1) is 19.9. The van der Waals surface area contributed by atoms with E-state index in [0.717, 1.165) is 19.3 Å². The summed E-state index contributed by atoms with van der Waals surface area (Å²) in [7, 11) is 0. The van der Waals surface area contributed by atoms with E-state index in [0.29, 0.717) is 36.8 Å². The van der Waals surface area contributed by atoms with E-state index in [2.05, 4.69) is 17.6 Å². The van der Waals surface area contributed by atoms with E-state index in [1.807, 2.05) is 24.3 Å². The number of hydrogen-bond acceptors (Lipinski definition) is 2. The Morgan fingerprint density at radius 1 is 1.04 bits per heavy atom. The number of piperidine rings is 1. The Labute approximate surface area is 164 Å². The standard InChI is InChI=1S/C22H26FN3O2/c1-2-16-3-5-18(6-4-16)21(27)24-15-17-11-13-26(14-12-17)22(28)25-20-9-7-19(23)8-10-20/h3-10,17H,2,11-15H2,1H3,(H,24,27)(H,25,28). The predicted molar refractivity (Wildman–Crippen MR) is 108 cm³/mol. The second kappa shape index (κ2) is 9.35. The Hall–Kier alpha value is -2.89. The molecular weight excluding hydrogens is 357 g/mol. The third-order valence-electron chi connectivity index (χ3n) is 5.17. The molecule has 0 saturated carbocycles. The summed E-state index contributed by atoms with van der Waals surface area (Å²) >= 11 is 0. The molecule has 0 aromatic heterocycles. The number of halogens is 1. The fourth-order valence-corrected chi connectivity index (χ4v) is 3.31. The van der Waals surface area contributed by atoms with Crippen LogP contribution in [0.2, 0.25) is 0 Å². The van der Waals surface area contributed by atoms with E-state index in [4.69, 9.17) is 0 Å². The molecule has 2 N–H and O–H groups in total. The summed E-state index contributed by atoms with van der Waals surface area (Å²) in [6.07, 6.45) is 2.63. The van der Waals surface area contributed by atoms with Gasteiger partial charge in [0.25, 0.3) is 5.91 Å². The number of urea groups is 1. The molecule has 0 unspecified atom stereocenters. The van der Waals surface area contributed by atoms with Crippen LogP contribution >= 0.6 is 0 Å². The number of carbonyl (C=O) groups excluding carboxylic acids is 2. The molecule has 1 heterocycles. The fraction of sp³-hybridized carbons (Fsp3) is 0.364. The van der Waals surface area contributed by atoms with Crippen molar-refractivity contribution < 1.29 is 14.0 Å². The molecule has 0 radical (unpaired) electrons. The molecule has 1 aliphatic heterocycles. The highest BCUT2D eigenvalue weighted by Crippen LogP contribution is 2.18. The Balaban J connectivity index is 1.41. The van der Waals surface area contributed by atoms with Gasteiger partial charge in [-0.1, -0.05) is 19.1 Å². The summed E-state index contributed by atoms with van der Waals surface area (Å²) < 4.78 is 12.9. The van der Waals surface area contributed by atoms with Crippen molar-refractivity contribution in [2.45, 2.75) is 26.2 Å². The number of benzene rings is 2. The van der Waals surface area contributed by atoms with Crippen LogP contribution in [0.3, 0.4) is 0 Å². The molecule has 0 spiro atoms. The molecule has 0 bridgehead atoms. The van der Waals surface area contributed by atoms with Gasteiger partial charge in [0.15, 0.2) is 0 Å². The van der Waals surface area contributed by atoms with Crippen LogP contribution in [0, 0.1) is 11.7 Å². The van der Waals surface area contributed by atoms with Crippen LogP contribution in [0.4, 0.5) is 14.9 Å². The molecule has 0 atom stereocenters. The number of anilines is 1. The minimum Gasteiger partial charge on any atom is -0.352 e. The first-order valence-corrected chi connectivity index (χ1v) is 9.73. The maximum absolute atomic E-state index is 12.9. The topological polar surface area (TPSA) is 61.4 Å².